The highest BCUT2D eigenvalue weighted by Crippen LogP contribution is 2.57. The van der Waals surface area contributed by atoms with Crippen LogP contribution < -0.4 is 20.3 Å². The van der Waals surface area contributed by atoms with E-state index in [0.29, 0.717) is 43.5 Å². The van der Waals surface area contributed by atoms with Crippen LogP contribution in [0.4, 0.5) is 16.2 Å². The fraction of sp³-hybridized carbons (Fsp3) is 0.333. The zero-order valence-corrected chi connectivity index (χ0v) is 26.2. The average Bonchev–Trinajstić information content (AvgIpc) is 3.68. The van der Waals surface area contributed by atoms with E-state index in [9.17, 15) is 14.4 Å². The summed E-state index contributed by atoms with van der Waals surface area (Å²) in [6, 6.07) is 19.3. The predicted octanol–water partition coefficient (Wildman–Crippen LogP) is 6.12. The van der Waals surface area contributed by atoms with Gasteiger partial charge in [-0.05, 0) is 90.6 Å². The molecule has 6 rings (SSSR count). The lowest BCUT2D eigenvalue weighted by Gasteiger charge is -2.30. The minimum absolute atomic E-state index is 0.0524. The number of hydrogen-bond acceptors (Lipinski definition) is 5. The minimum Gasteiger partial charge on any atom is -0.493 e. The first-order valence-electron chi connectivity index (χ1n) is 15.8. The maximum Gasteiger partial charge on any atom is 0.319 e. The van der Waals surface area contributed by atoms with Crippen LogP contribution in [0, 0.1) is 19.8 Å². The summed E-state index contributed by atoms with van der Waals surface area (Å²) in [5.41, 5.74) is 8.24. The molecule has 1 saturated carbocycles. The van der Waals surface area contributed by atoms with Gasteiger partial charge in [-0.15, -0.1) is 0 Å². The SMILES string of the molecule is Cc1cccc(OCCCC(=O)N2CC3CC3c3c(-c4cnn(Cc5cccc(NC(=O)NCCC(=O)O)c5)c4)cccc32)c1C. The van der Waals surface area contributed by atoms with Crippen LogP contribution in [-0.2, 0) is 16.1 Å². The zero-order chi connectivity index (χ0) is 32.2. The Bertz CT molecular complexity index is 1770. The molecule has 46 heavy (non-hydrogen) atoms. The number of rotatable bonds is 12. The van der Waals surface area contributed by atoms with Crippen molar-refractivity contribution in [1.29, 1.82) is 0 Å². The Kier molecular flexibility index (Phi) is 9.05. The summed E-state index contributed by atoms with van der Waals surface area (Å²) in [6.45, 7) is 5.95. The lowest BCUT2D eigenvalue weighted by atomic mass is 9.92. The number of hydrogen-bond donors (Lipinski definition) is 3. The number of aryl methyl sites for hydroxylation is 1. The normalized spacial score (nSPS) is 16.3. The molecular formula is C36H39N5O5. The van der Waals surface area contributed by atoms with E-state index < -0.39 is 12.0 Å². The van der Waals surface area contributed by atoms with Crippen LogP contribution in [0.3, 0.4) is 0 Å². The maximum atomic E-state index is 13.5. The van der Waals surface area contributed by atoms with Gasteiger partial charge in [0, 0.05) is 42.6 Å². The van der Waals surface area contributed by atoms with Gasteiger partial charge in [0.2, 0.25) is 5.91 Å². The molecule has 10 heteroatoms. The molecule has 1 aliphatic heterocycles. The van der Waals surface area contributed by atoms with Gasteiger partial charge in [0.15, 0.2) is 0 Å². The van der Waals surface area contributed by atoms with E-state index in [1.54, 1.807) is 6.07 Å². The number of nitrogens with zero attached hydrogens (tertiary/aromatic N) is 3. The summed E-state index contributed by atoms with van der Waals surface area (Å²) in [5.74, 6) is 0.980. The van der Waals surface area contributed by atoms with Crippen molar-refractivity contribution in [2.24, 2.45) is 5.92 Å². The van der Waals surface area contributed by atoms with Crippen molar-refractivity contribution in [3.05, 3.63) is 95.3 Å². The van der Waals surface area contributed by atoms with Crippen LogP contribution in [0.1, 0.15) is 53.9 Å². The second-order valence-corrected chi connectivity index (χ2v) is 12.1. The van der Waals surface area contributed by atoms with E-state index in [1.807, 2.05) is 58.4 Å². The number of carboxylic acids is 1. The second kappa shape index (κ2) is 13.5. The summed E-state index contributed by atoms with van der Waals surface area (Å²) in [7, 11) is 0. The van der Waals surface area contributed by atoms with E-state index in [4.69, 9.17) is 9.84 Å². The lowest BCUT2D eigenvalue weighted by molar-refractivity contribution is -0.136. The summed E-state index contributed by atoms with van der Waals surface area (Å²) >= 11 is 0. The van der Waals surface area contributed by atoms with E-state index in [2.05, 4.69) is 47.8 Å². The van der Waals surface area contributed by atoms with Crippen molar-refractivity contribution in [1.82, 2.24) is 15.1 Å². The van der Waals surface area contributed by atoms with Gasteiger partial charge in [0.05, 0.1) is 25.8 Å². The molecule has 3 aromatic carbocycles. The van der Waals surface area contributed by atoms with Gasteiger partial charge in [-0.1, -0.05) is 36.4 Å². The number of fused-ring (bicyclic) bond motifs is 3. The molecule has 0 bridgehead atoms. The largest absolute Gasteiger partial charge is 0.493 e. The molecule has 4 aromatic rings. The van der Waals surface area contributed by atoms with Gasteiger partial charge in [0.25, 0.3) is 0 Å². The topological polar surface area (TPSA) is 126 Å². The van der Waals surface area contributed by atoms with Crippen molar-refractivity contribution < 1.29 is 24.2 Å². The van der Waals surface area contributed by atoms with E-state index in [-0.39, 0.29) is 18.9 Å². The minimum atomic E-state index is -0.967. The number of aliphatic carboxylic acids is 1. The third-order valence-electron chi connectivity index (χ3n) is 8.83. The number of carbonyl (C=O) groups excluding carboxylic acids is 2. The van der Waals surface area contributed by atoms with Gasteiger partial charge < -0.3 is 25.4 Å². The molecule has 0 spiro atoms. The molecule has 2 aliphatic rings. The Morgan fingerprint density at radius 1 is 1.04 bits per heavy atom. The Balaban J connectivity index is 1.10. The summed E-state index contributed by atoms with van der Waals surface area (Å²) in [4.78, 5) is 38.3. The first-order valence-corrected chi connectivity index (χ1v) is 15.8. The highest BCUT2D eigenvalue weighted by Gasteiger charge is 2.47. The first kappa shape index (κ1) is 30.9. The van der Waals surface area contributed by atoms with Crippen LogP contribution in [0.5, 0.6) is 5.75 Å². The maximum absolute atomic E-state index is 13.5. The molecule has 3 N–H and O–H groups in total. The molecular weight excluding hydrogens is 582 g/mol. The zero-order valence-electron chi connectivity index (χ0n) is 26.2. The molecule has 1 aliphatic carbocycles. The number of benzene rings is 3. The molecule has 1 aromatic heterocycles. The number of aromatic nitrogens is 2. The molecule has 2 unspecified atom stereocenters. The average molecular weight is 622 g/mol. The summed E-state index contributed by atoms with van der Waals surface area (Å²) in [6.07, 6.45) is 5.93. The van der Waals surface area contributed by atoms with Crippen molar-refractivity contribution in [3.8, 4) is 16.9 Å². The highest BCUT2D eigenvalue weighted by atomic mass is 16.5. The van der Waals surface area contributed by atoms with Gasteiger partial charge >= 0.3 is 12.0 Å². The standard InChI is InChI=1S/C36H39N5O5/c1-23-7-3-12-32(24(23)2)46-16-6-13-33(42)41-22-26-18-30(26)35-29(10-5-11-31(35)41)27-19-38-40(21-27)20-25-8-4-9-28(17-25)39-36(45)37-15-14-34(43)44/h3-5,7-12,17,19,21,26,30H,6,13-16,18,20,22H2,1-2H3,(H,43,44)(H2,37,39,45). The number of anilines is 2. The van der Waals surface area contributed by atoms with Crippen molar-refractivity contribution in [3.63, 3.8) is 0 Å². The van der Waals surface area contributed by atoms with Crippen molar-refractivity contribution in [2.45, 2.75) is 52.0 Å². The molecule has 1 fully saturated rings. The fourth-order valence-electron chi connectivity index (χ4n) is 6.20. The Labute approximate surface area is 268 Å². The van der Waals surface area contributed by atoms with E-state index in [1.165, 1.54) is 11.1 Å². The smallest absolute Gasteiger partial charge is 0.319 e. The van der Waals surface area contributed by atoms with Crippen LogP contribution in [0.25, 0.3) is 11.1 Å². The number of amides is 3. The number of nitrogens with one attached hydrogen (secondary N) is 2. The molecule has 10 nitrogen and oxygen atoms in total. The van der Waals surface area contributed by atoms with Crippen molar-refractivity contribution >= 4 is 29.3 Å². The van der Waals surface area contributed by atoms with Crippen LogP contribution in [0.15, 0.2) is 73.1 Å². The Morgan fingerprint density at radius 3 is 2.72 bits per heavy atom. The number of carboxylic acid groups (broad SMARTS) is 1. The quantitative estimate of drug-likeness (QED) is 0.164. The first-order chi connectivity index (χ1) is 22.3. The van der Waals surface area contributed by atoms with Crippen LogP contribution in [0.2, 0.25) is 0 Å². The van der Waals surface area contributed by atoms with E-state index in [0.717, 1.165) is 46.7 Å². The molecule has 3 amide bonds. The van der Waals surface area contributed by atoms with Gasteiger partial charge in [-0.3, -0.25) is 14.3 Å². The summed E-state index contributed by atoms with van der Waals surface area (Å²) < 4.78 is 7.87. The van der Waals surface area contributed by atoms with Gasteiger partial charge in [0.1, 0.15) is 5.75 Å². The van der Waals surface area contributed by atoms with Crippen LogP contribution in [-0.4, -0.2) is 52.5 Å². The Hall–Kier alpha value is -5.12. The van der Waals surface area contributed by atoms with E-state index >= 15 is 0 Å². The summed E-state index contributed by atoms with van der Waals surface area (Å²) in [5, 5.41) is 18.7. The Morgan fingerprint density at radius 2 is 1.87 bits per heavy atom. The molecule has 238 valence electrons. The second-order valence-electron chi connectivity index (χ2n) is 12.1. The molecule has 0 radical (unpaired) electrons. The van der Waals surface area contributed by atoms with Gasteiger partial charge in [-0.2, -0.15) is 5.10 Å². The van der Waals surface area contributed by atoms with Crippen molar-refractivity contribution in [2.75, 3.05) is 29.9 Å². The third kappa shape index (κ3) is 7.06. The molecule has 2 atom stereocenters. The third-order valence-corrected chi connectivity index (χ3v) is 8.83. The number of urea groups is 1. The molecule has 0 saturated heterocycles. The van der Waals surface area contributed by atoms with Crippen LogP contribution >= 0.6 is 0 Å². The lowest BCUT2D eigenvalue weighted by Crippen LogP contribution is -2.36. The van der Waals surface area contributed by atoms with Gasteiger partial charge in [-0.25, -0.2) is 4.79 Å². The molecule has 2 heterocycles. The predicted molar refractivity (Wildman–Crippen MR) is 176 cm³/mol. The monoisotopic (exact) mass is 621 g/mol. The highest BCUT2D eigenvalue weighted by molar-refractivity contribution is 5.97. The number of ether oxygens (including phenoxy) is 1. The fourth-order valence-corrected chi connectivity index (χ4v) is 6.20. The number of carbonyl (C=O) groups is 3.